The molecule has 0 rings (SSSR count). The number of aliphatic hydroxyl groups excluding tert-OH is 2. The Labute approximate surface area is 192 Å². The molecular formula is C6H12Cl2KNaO8S2. The van der Waals surface area contributed by atoms with E-state index in [0.29, 0.717) is 0 Å². The third kappa shape index (κ3) is 29.0. The fraction of sp³-hybridized carbons (Fsp3) is 1.00. The number of rotatable bonds is 6. The maximum Gasteiger partial charge on any atom is 1.00 e. The van der Waals surface area contributed by atoms with Crippen LogP contribution in [-0.2, 0) is 20.2 Å². The Morgan fingerprint density at radius 1 is 0.850 bits per heavy atom. The molecule has 8 nitrogen and oxygen atoms in total. The van der Waals surface area contributed by atoms with Crippen LogP contribution in [0.4, 0.5) is 0 Å². The molecule has 0 amide bonds. The van der Waals surface area contributed by atoms with Gasteiger partial charge in [-0.15, -0.1) is 23.2 Å². The van der Waals surface area contributed by atoms with E-state index in [2.05, 4.69) is 0 Å². The first-order chi connectivity index (χ1) is 7.91. The zero-order valence-corrected chi connectivity index (χ0v) is 19.2. The standard InChI is InChI=1S/2C3H7ClO4S.K.Na/c2*4-1-3(5)2-9(6,7)8;;/h2*3,5H,1-2H2,(H,6,7,8);;/q;;2*+1/p-2. The van der Waals surface area contributed by atoms with Gasteiger partial charge in [-0.2, -0.15) is 0 Å². The van der Waals surface area contributed by atoms with Crippen molar-refractivity contribution in [2.45, 2.75) is 12.2 Å². The van der Waals surface area contributed by atoms with Crippen molar-refractivity contribution in [3.63, 3.8) is 0 Å². The van der Waals surface area contributed by atoms with Crippen molar-refractivity contribution in [3.05, 3.63) is 0 Å². The van der Waals surface area contributed by atoms with Crippen molar-refractivity contribution >= 4 is 43.4 Å². The van der Waals surface area contributed by atoms with Crippen molar-refractivity contribution < 1.29 is 117 Å². The summed E-state index contributed by atoms with van der Waals surface area (Å²) in [6.07, 6.45) is -2.48. The minimum absolute atomic E-state index is 0. The molecule has 2 N–H and O–H groups in total. The molecule has 112 valence electrons. The molecule has 2 atom stereocenters. The van der Waals surface area contributed by atoms with E-state index in [0.717, 1.165) is 0 Å². The van der Waals surface area contributed by atoms with Crippen molar-refractivity contribution in [2.75, 3.05) is 23.3 Å². The van der Waals surface area contributed by atoms with Gasteiger partial charge < -0.3 is 19.3 Å². The summed E-state index contributed by atoms with van der Waals surface area (Å²) in [7, 11) is -8.64. The average Bonchev–Trinajstić information content (AvgIpc) is 2.13. The molecule has 14 heteroatoms. The van der Waals surface area contributed by atoms with Crippen LogP contribution in [0, 0.1) is 0 Å². The summed E-state index contributed by atoms with van der Waals surface area (Å²) in [4.78, 5) is 0. The normalized spacial score (nSPS) is 13.9. The Hall–Kier alpha value is 2.96. The van der Waals surface area contributed by atoms with Gasteiger partial charge in [0.1, 0.15) is 0 Å². The Morgan fingerprint density at radius 2 is 1.05 bits per heavy atom. The minimum Gasteiger partial charge on any atom is -0.748 e. The Bertz CT molecular complexity index is 377. The molecule has 2 unspecified atom stereocenters. The van der Waals surface area contributed by atoms with Gasteiger partial charge in [0.15, 0.2) is 0 Å². The quantitative estimate of drug-likeness (QED) is 0.249. The first kappa shape index (κ1) is 30.8. The van der Waals surface area contributed by atoms with Crippen LogP contribution in [0.25, 0.3) is 0 Å². The van der Waals surface area contributed by atoms with E-state index in [1.54, 1.807) is 0 Å². The van der Waals surface area contributed by atoms with E-state index >= 15 is 0 Å². The van der Waals surface area contributed by atoms with E-state index in [4.69, 9.17) is 33.4 Å². The van der Waals surface area contributed by atoms with Gasteiger partial charge in [0.25, 0.3) is 0 Å². The Morgan fingerprint density at radius 3 is 1.10 bits per heavy atom. The SMILES string of the molecule is O=S(=O)([O-])CC(O)CCl.O=S(=O)([O-])CC(O)CCl.[K+].[Na+]. The zero-order valence-electron chi connectivity index (χ0n) is 10.9. The van der Waals surface area contributed by atoms with Crippen LogP contribution >= 0.6 is 23.2 Å². The fourth-order valence-electron chi connectivity index (χ4n) is 0.560. The summed E-state index contributed by atoms with van der Waals surface area (Å²) in [5, 5.41) is 17.0. The first-order valence-electron chi connectivity index (χ1n) is 4.26. The Kier molecular flexibility index (Phi) is 23.8. The second kappa shape index (κ2) is 15.5. The van der Waals surface area contributed by atoms with Crippen LogP contribution in [-0.4, -0.2) is 71.6 Å². The molecule has 0 heterocycles. The molecule has 0 aromatic rings. The summed E-state index contributed by atoms with van der Waals surface area (Å²) in [5.74, 6) is -2.09. The monoisotopic (exact) mass is 408 g/mol. The van der Waals surface area contributed by atoms with Gasteiger partial charge in [0, 0.05) is 11.8 Å². The Balaban J connectivity index is -0.000000116. The molecule has 0 radical (unpaired) electrons. The summed E-state index contributed by atoms with van der Waals surface area (Å²) in [6, 6.07) is 0. The second-order valence-corrected chi connectivity index (χ2v) is 6.58. The minimum atomic E-state index is -4.32. The number of hydrogen-bond donors (Lipinski definition) is 2. The maximum absolute atomic E-state index is 9.83. The fourth-order valence-corrected chi connectivity index (χ4v) is 2.22. The van der Waals surface area contributed by atoms with Crippen LogP contribution in [0.2, 0.25) is 0 Å². The third-order valence-electron chi connectivity index (χ3n) is 1.15. The molecule has 0 saturated carbocycles. The van der Waals surface area contributed by atoms with Crippen LogP contribution in [0.5, 0.6) is 0 Å². The van der Waals surface area contributed by atoms with Gasteiger partial charge in [-0.25, -0.2) is 16.8 Å². The predicted octanol–water partition coefficient (Wildman–Crippen LogP) is -7.73. The van der Waals surface area contributed by atoms with Crippen molar-refractivity contribution in [1.82, 2.24) is 0 Å². The number of aliphatic hydroxyl groups is 2. The summed E-state index contributed by atoms with van der Waals surface area (Å²) < 4.78 is 59.0. The van der Waals surface area contributed by atoms with Gasteiger partial charge in [0.2, 0.25) is 0 Å². The smallest absolute Gasteiger partial charge is 0.748 e. The summed E-state index contributed by atoms with van der Waals surface area (Å²) in [5.41, 5.74) is 0. The largest absolute Gasteiger partial charge is 1.00 e. The average molecular weight is 409 g/mol. The summed E-state index contributed by atoms with van der Waals surface area (Å²) in [6.45, 7) is 0. The molecule has 0 saturated heterocycles. The maximum atomic E-state index is 9.83. The molecule has 0 aliphatic rings. The van der Waals surface area contributed by atoms with Crippen LogP contribution in [0.15, 0.2) is 0 Å². The predicted molar refractivity (Wildman–Crippen MR) is 62.6 cm³/mol. The van der Waals surface area contributed by atoms with E-state index < -0.39 is 43.9 Å². The van der Waals surface area contributed by atoms with E-state index in [1.807, 2.05) is 0 Å². The molecule has 0 bridgehead atoms. The number of alkyl halides is 2. The first-order valence-corrected chi connectivity index (χ1v) is 8.49. The summed E-state index contributed by atoms with van der Waals surface area (Å²) >= 11 is 10.0. The number of halogens is 2. The molecular weight excluding hydrogens is 397 g/mol. The topological polar surface area (TPSA) is 155 Å². The molecule has 20 heavy (non-hydrogen) atoms. The zero-order chi connectivity index (χ0) is 15.0. The molecule has 0 aromatic heterocycles. The number of hydrogen-bond acceptors (Lipinski definition) is 8. The van der Waals surface area contributed by atoms with Crippen molar-refractivity contribution in [2.24, 2.45) is 0 Å². The van der Waals surface area contributed by atoms with Gasteiger partial charge in [-0.1, -0.05) is 0 Å². The third-order valence-corrected chi connectivity index (χ3v) is 3.45. The van der Waals surface area contributed by atoms with Crippen LogP contribution < -0.4 is 80.9 Å². The van der Waals surface area contributed by atoms with Gasteiger partial charge in [-0.3, -0.25) is 0 Å². The van der Waals surface area contributed by atoms with E-state index in [-0.39, 0.29) is 92.7 Å². The molecule has 0 spiro atoms. The molecule has 0 aromatic carbocycles. The van der Waals surface area contributed by atoms with Gasteiger partial charge >= 0.3 is 80.9 Å². The molecule has 0 aliphatic heterocycles. The van der Waals surface area contributed by atoms with E-state index in [1.165, 1.54) is 0 Å². The van der Waals surface area contributed by atoms with E-state index in [9.17, 15) is 25.9 Å². The second-order valence-electron chi connectivity index (χ2n) is 3.06. The van der Waals surface area contributed by atoms with Crippen molar-refractivity contribution in [1.29, 1.82) is 0 Å². The molecule has 0 aliphatic carbocycles. The van der Waals surface area contributed by atoms with Crippen LogP contribution in [0.3, 0.4) is 0 Å². The van der Waals surface area contributed by atoms with Gasteiger partial charge in [0.05, 0.1) is 43.9 Å². The van der Waals surface area contributed by atoms with Crippen molar-refractivity contribution in [3.8, 4) is 0 Å². The molecule has 0 fully saturated rings. The van der Waals surface area contributed by atoms with Crippen LogP contribution in [0.1, 0.15) is 0 Å². The van der Waals surface area contributed by atoms with Gasteiger partial charge in [-0.05, 0) is 0 Å².